The Labute approximate surface area is 239 Å². The number of H-pyrrole nitrogens is 1. The summed E-state index contributed by atoms with van der Waals surface area (Å²) in [6, 6.07) is 24.7. The number of methoxy groups -OCH3 is 1. The highest BCUT2D eigenvalue weighted by Gasteiger charge is 2.50. The van der Waals surface area contributed by atoms with Gasteiger partial charge in [-0.25, -0.2) is 19.6 Å². The number of ether oxygens (including phenoxy) is 3. The summed E-state index contributed by atoms with van der Waals surface area (Å²) in [4.78, 5) is 32.5. The molecule has 1 aromatic heterocycles. The van der Waals surface area contributed by atoms with Crippen LogP contribution >= 0.6 is 0 Å². The minimum absolute atomic E-state index is 0.133. The average Bonchev–Trinajstić information content (AvgIpc) is 3.55. The van der Waals surface area contributed by atoms with Gasteiger partial charge in [0.25, 0.3) is 0 Å². The van der Waals surface area contributed by atoms with Gasteiger partial charge in [0.1, 0.15) is 19.0 Å². The van der Waals surface area contributed by atoms with Crippen LogP contribution in [-0.4, -0.2) is 70.9 Å². The molecule has 2 aliphatic rings. The van der Waals surface area contributed by atoms with Gasteiger partial charge in [0.2, 0.25) is 0 Å². The molecule has 2 bridgehead atoms. The van der Waals surface area contributed by atoms with Crippen LogP contribution in [0.25, 0.3) is 10.9 Å². The smallest absolute Gasteiger partial charge is 0.429 e. The van der Waals surface area contributed by atoms with Gasteiger partial charge in [-0.2, -0.15) is 0 Å². The zero-order valence-electron chi connectivity index (χ0n) is 23.1. The molecule has 0 radical (unpaired) electrons. The molecule has 212 valence electrons. The van der Waals surface area contributed by atoms with E-state index in [-0.39, 0.29) is 25.3 Å². The number of nitrogens with one attached hydrogen (secondary N) is 1. The van der Waals surface area contributed by atoms with Crippen LogP contribution < -0.4 is 4.74 Å². The Hall–Kier alpha value is -4.50. The zero-order valence-corrected chi connectivity index (χ0v) is 23.1. The van der Waals surface area contributed by atoms with E-state index < -0.39 is 12.2 Å². The normalized spacial score (nSPS) is 18.5. The number of hydrazine groups is 1. The van der Waals surface area contributed by atoms with Gasteiger partial charge in [-0.1, -0.05) is 60.7 Å². The number of likely N-dealkylation sites (tertiary alicyclic amines) is 1. The minimum Gasteiger partial charge on any atom is -0.497 e. The fraction of sp³-hybridized carbons (Fsp3) is 0.312. The van der Waals surface area contributed by atoms with Crippen molar-refractivity contribution < 1.29 is 23.8 Å². The van der Waals surface area contributed by atoms with Crippen molar-refractivity contribution in [1.29, 1.82) is 0 Å². The molecular formula is C32H34N4O5. The maximum Gasteiger partial charge on any atom is 0.429 e. The Morgan fingerprint density at radius 2 is 1.41 bits per heavy atom. The Balaban J connectivity index is 1.16. The molecule has 4 aromatic rings. The third-order valence-electron chi connectivity index (χ3n) is 7.86. The number of hydrogen-bond acceptors (Lipinski definition) is 6. The van der Waals surface area contributed by atoms with Crippen LogP contribution in [0.15, 0.2) is 85.1 Å². The van der Waals surface area contributed by atoms with E-state index in [0.29, 0.717) is 19.5 Å². The highest BCUT2D eigenvalue weighted by atomic mass is 16.6. The van der Waals surface area contributed by atoms with Crippen molar-refractivity contribution >= 4 is 23.1 Å². The molecule has 2 aliphatic heterocycles. The number of carbonyl (C=O) groups excluding carboxylic acids is 2. The fourth-order valence-corrected chi connectivity index (χ4v) is 5.84. The van der Waals surface area contributed by atoms with Gasteiger partial charge in [0.05, 0.1) is 19.2 Å². The molecule has 9 nitrogen and oxygen atoms in total. The number of carbonyl (C=O) groups is 2. The third kappa shape index (κ3) is 5.85. The van der Waals surface area contributed by atoms with Crippen LogP contribution in [0.5, 0.6) is 5.75 Å². The molecule has 9 heteroatoms. The lowest BCUT2D eigenvalue weighted by molar-refractivity contribution is -0.0199. The molecule has 6 rings (SSSR count). The largest absolute Gasteiger partial charge is 0.497 e. The second-order valence-electron chi connectivity index (χ2n) is 10.5. The van der Waals surface area contributed by atoms with Crippen molar-refractivity contribution in [3.8, 4) is 5.75 Å². The third-order valence-corrected chi connectivity index (χ3v) is 7.86. The predicted molar refractivity (Wildman–Crippen MR) is 154 cm³/mol. The van der Waals surface area contributed by atoms with Crippen LogP contribution in [0.3, 0.4) is 0 Å². The lowest BCUT2D eigenvalue weighted by Crippen LogP contribution is -2.50. The summed E-state index contributed by atoms with van der Waals surface area (Å²) in [6.07, 6.45) is 2.47. The molecule has 2 amide bonds. The van der Waals surface area contributed by atoms with Gasteiger partial charge in [-0.05, 0) is 47.7 Å². The molecular weight excluding hydrogens is 520 g/mol. The standard InChI is InChI=1S/C32H34N4O5/c1-39-28-12-13-30-29(17-28)25(18-33-30)14-15-34-19-26-16-27(20-34)36(32(38)41-22-24-10-6-3-7-11-24)35(26)31(37)40-21-23-8-4-2-5-9-23/h2-13,17-18,26-27,33H,14-16,19-22H2,1H3/t26-,27+. The SMILES string of the molecule is COc1ccc2[nH]cc(CCN3C[C@H]4C[C@@H](C3)N(C(=O)OCc3ccccc3)N4C(=O)OCc3ccccc3)c2c1. The monoisotopic (exact) mass is 554 g/mol. The molecule has 0 aliphatic carbocycles. The van der Waals surface area contributed by atoms with Crippen LogP contribution in [0.2, 0.25) is 0 Å². The van der Waals surface area contributed by atoms with Crippen LogP contribution in [0.1, 0.15) is 23.1 Å². The van der Waals surface area contributed by atoms with Crippen molar-refractivity contribution in [2.75, 3.05) is 26.7 Å². The average molecular weight is 555 g/mol. The Kier molecular flexibility index (Phi) is 7.78. The molecule has 41 heavy (non-hydrogen) atoms. The summed E-state index contributed by atoms with van der Waals surface area (Å²) in [5.74, 6) is 0.823. The fourth-order valence-electron chi connectivity index (χ4n) is 5.84. The zero-order chi connectivity index (χ0) is 28.2. The van der Waals surface area contributed by atoms with E-state index in [9.17, 15) is 9.59 Å². The maximum atomic E-state index is 13.4. The van der Waals surface area contributed by atoms with Crippen molar-refractivity contribution in [2.45, 2.75) is 38.1 Å². The first-order valence-corrected chi connectivity index (χ1v) is 13.9. The van der Waals surface area contributed by atoms with E-state index in [4.69, 9.17) is 14.2 Å². The first kappa shape index (κ1) is 26.7. The highest BCUT2D eigenvalue weighted by molar-refractivity contribution is 5.84. The van der Waals surface area contributed by atoms with Crippen LogP contribution in [-0.2, 0) is 29.1 Å². The summed E-state index contributed by atoms with van der Waals surface area (Å²) >= 11 is 0. The second kappa shape index (κ2) is 11.9. The molecule has 2 saturated heterocycles. The van der Waals surface area contributed by atoms with E-state index in [1.165, 1.54) is 15.6 Å². The molecule has 3 heterocycles. The number of amides is 2. The Morgan fingerprint density at radius 1 is 0.829 bits per heavy atom. The van der Waals surface area contributed by atoms with E-state index >= 15 is 0 Å². The van der Waals surface area contributed by atoms with Gasteiger partial charge < -0.3 is 19.2 Å². The summed E-state index contributed by atoms with van der Waals surface area (Å²) in [6.45, 7) is 2.34. The quantitative estimate of drug-likeness (QED) is 0.315. The number of rotatable bonds is 8. The van der Waals surface area contributed by atoms with E-state index in [1.54, 1.807) is 7.11 Å². The molecule has 1 N–H and O–H groups in total. The molecule has 0 saturated carbocycles. The summed E-state index contributed by atoms with van der Waals surface area (Å²) in [7, 11) is 1.67. The van der Waals surface area contributed by atoms with E-state index in [0.717, 1.165) is 40.7 Å². The van der Waals surface area contributed by atoms with Gasteiger partial charge in [-0.15, -0.1) is 0 Å². The van der Waals surface area contributed by atoms with Gasteiger partial charge in [-0.3, -0.25) is 4.90 Å². The minimum atomic E-state index is -0.538. The van der Waals surface area contributed by atoms with Crippen LogP contribution in [0.4, 0.5) is 9.59 Å². The molecule has 0 unspecified atom stereocenters. The van der Waals surface area contributed by atoms with Gasteiger partial charge >= 0.3 is 12.2 Å². The number of aromatic nitrogens is 1. The summed E-state index contributed by atoms with van der Waals surface area (Å²) in [5, 5.41) is 4.11. The molecule has 0 spiro atoms. The Morgan fingerprint density at radius 3 is 1.98 bits per heavy atom. The highest BCUT2D eigenvalue weighted by Crippen LogP contribution is 2.33. The molecule has 2 fully saturated rings. The second-order valence-corrected chi connectivity index (χ2v) is 10.5. The summed E-state index contributed by atoms with van der Waals surface area (Å²) in [5.41, 5.74) is 4.05. The van der Waals surface area contributed by atoms with Gasteiger partial charge in [0, 0.05) is 36.7 Å². The summed E-state index contributed by atoms with van der Waals surface area (Å²) < 4.78 is 16.8. The number of aromatic amines is 1. The topological polar surface area (TPSA) is 87.3 Å². The number of hydrogen-bond donors (Lipinski definition) is 1. The predicted octanol–water partition coefficient (Wildman–Crippen LogP) is 5.37. The lowest BCUT2D eigenvalue weighted by Gasteiger charge is -2.30. The molecule has 2 atom stereocenters. The van der Waals surface area contributed by atoms with Crippen molar-refractivity contribution in [2.24, 2.45) is 0 Å². The van der Waals surface area contributed by atoms with E-state index in [1.807, 2.05) is 79.0 Å². The number of piperidine rings is 1. The first-order chi connectivity index (χ1) is 20.1. The van der Waals surface area contributed by atoms with Crippen molar-refractivity contribution in [3.05, 3.63) is 102 Å². The maximum absolute atomic E-state index is 13.4. The first-order valence-electron chi connectivity index (χ1n) is 13.9. The van der Waals surface area contributed by atoms with Gasteiger partial charge in [0.15, 0.2) is 0 Å². The number of nitrogens with zero attached hydrogens (tertiary/aromatic N) is 3. The number of fused-ring (bicyclic) bond motifs is 3. The van der Waals surface area contributed by atoms with Crippen molar-refractivity contribution in [3.63, 3.8) is 0 Å². The lowest BCUT2D eigenvalue weighted by atomic mass is 10.0. The van der Waals surface area contributed by atoms with E-state index in [2.05, 4.69) is 16.0 Å². The Bertz CT molecular complexity index is 1420. The van der Waals surface area contributed by atoms with Crippen LogP contribution in [0, 0.1) is 0 Å². The number of benzene rings is 3. The van der Waals surface area contributed by atoms with Crippen molar-refractivity contribution in [1.82, 2.24) is 19.9 Å². The molecule has 3 aromatic carbocycles.